The number of fused-ring (bicyclic) bond motifs is 1. The summed E-state index contributed by atoms with van der Waals surface area (Å²) in [5, 5.41) is 4.88. The molecule has 4 aromatic heterocycles. The topological polar surface area (TPSA) is 86.8 Å². The van der Waals surface area contributed by atoms with Crippen molar-refractivity contribution in [2.75, 3.05) is 18.6 Å². The van der Waals surface area contributed by atoms with E-state index >= 15 is 0 Å². The Balaban J connectivity index is 1.33. The van der Waals surface area contributed by atoms with E-state index in [2.05, 4.69) is 24.8 Å². The van der Waals surface area contributed by atoms with Gasteiger partial charge in [-0.3, -0.25) is 9.67 Å². The largest absolute Gasteiger partial charge is 0.480 e. The van der Waals surface area contributed by atoms with Crippen molar-refractivity contribution in [1.29, 1.82) is 0 Å². The number of hydrogen-bond acceptors (Lipinski definition) is 7. The number of aromatic nitrogens is 7. The second kappa shape index (κ2) is 9.35. The molecule has 0 aromatic carbocycles. The number of hydrogen-bond donors (Lipinski definition) is 0. The highest BCUT2D eigenvalue weighted by Crippen LogP contribution is 2.46. The molecule has 12 heteroatoms. The van der Waals surface area contributed by atoms with Gasteiger partial charge in [0.05, 0.1) is 30.3 Å². The van der Waals surface area contributed by atoms with Gasteiger partial charge < -0.3 is 14.2 Å². The van der Waals surface area contributed by atoms with E-state index in [9.17, 15) is 13.2 Å². The van der Waals surface area contributed by atoms with Crippen LogP contribution in [-0.2, 0) is 26.2 Å². The number of ether oxygens (including phenoxy) is 1. The maximum atomic E-state index is 13.3. The van der Waals surface area contributed by atoms with Crippen LogP contribution in [0.2, 0.25) is 0 Å². The Labute approximate surface area is 223 Å². The third-order valence-electron chi connectivity index (χ3n) is 7.40. The number of aryl methyl sites for hydroxylation is 1. The van der Waals surface area contributed by atoms with Gasteiger partial charge in [-0.05, 0) is 38.8 Å². The summed E-state index contributed by atoms with van der Waals surface area (Å²) in [6.07, 6.45) is 2.73. The molecule has 1 aliphatic carbocycles. The molecule has 6 rings (SSSR count). The highest BCUT2D eigenvalue weighted by molar-refractivity contribution is 5.73. The lowest BCUT2D eigenvalue weighted by molar-refractivity contribution is -0.140. The van der Waals surface area contributed by atoms with E-state index in [0.717, 1.165) is 65.9 Å². The Kier molecular flexibility index (Phi) is 6.07. The molecular weight excluding hydrogens is 509 g/mol. The lowest BCUT2D eigenvalue weighted by Gasteiger charge is -2.29. The molecule has 1 saturated carbocycles. The number of methoxy groups -OCH3 is 1. The van der Waals surface area contributed by atoms with Crippen molar-refractivity contribution in [2.45, 2.75) is 57.8 Å². The van der Waals surface area contributed by atoms with Crippen molar-refractivity contribution in [3.8, 4) is 28.7 Å². The van der Waals surface area contributed by atoms with E-state index in [-0.39, 0.29) is 11.9 Å². The third kappa shape index (κ3) is 4.51. The summed E-state index contributed by atoms with van der Waals surface area (Å²) in [4.78, 5) is 19.6. The Morgan fingerprint density at radius 2 is 1.90 bits per heavy atom. The van der Waals surface area contributed by atoms with Gasteiger partial charge in [-0.2, -0.15) is 18.3 Å². The number of anilines is 1. The number of halogens is 3. The quantitative estimate of drug-likeness (QED) is 0.334. The van der Waals surface area contributed by atoms with Gasteiger partial charge in [0.25, 0.3) is 0 Å². The molecule has 39 heavy (non-hydrogen) atoms. The smallest absolute Gasteiger partial charge is 0.434 e. The van der Waals surface area contributed by atoms with Crippen LogP contribution in [0.3, 0.4) is 0 Å². The number of rotatable bonds is 6. The molecule has 0 spiro atoms. The first-order valence-corrected chi connectivity index (χ1v) is 13.0. The molecule has 1 fully saturated rings. The average Bonchev–Trinajstić information content (AvgIpc) is 3.57. The SMILES string of the molecule is COc1ncnc(C2CC2)c1-c1nn(C)c2c1CN(c1ccc(-c3nc(C(F)(F)F)cn3C(C)C)nc1)CC2. The molecule has 0 unspecified atom stereocenters. The van der Waals surface area contributed by atoms with Crippen molar-refractivity contribution >= 4 is 5.69 Å². The van der Waals surface area contributed by atoms with Crippen LogP contribution < -0.4 is 9.64 Å². The third-order valence-corrected chi connectivity index (χ3v) is 7.40. The van der Waals surface area contributed by atoms with Crippen molar-refractivity contribution in [2.24, 2.45) is 7.05 Å². The van der Waals surface area contributed by atoms with Crippen LogP contribution in [0.5, 0.6) is 5.88 Å². The van der Waals surface area contributed by atoms with Crippen molar-refractivity contribution < 1.29 is 17.9 Å². The fourth-order valence-electron chi connectivity index (χ4n) is 5.26. The van der Waals surface area contributed by atoms with E-state index in [0.29, 0.717) is 24.0 Å². The molecule has 4 aromatic rings. The van der Waals surface area contributed by atoms with Gasteiger partial charge in [-0.1, -0.05) is 0 Å². The maximum absolute atomic E-state index is 13.3. The van der Waals surface area contributed by atoms with Gasteiger partial charge >= 0.3 is 6.18 Å². The van der Waals surface area contributed by atoms with E-state index < -0.39 is 11.9 Å². The van der Waals surface area contributed by atoms with Crippen LogP contribution in [0, 0.1) is 0 Å². The summed E-state index contributed by atoms with van der Waals surface area (Å²) in [7, 11) is 3.56. The van der Waals surface area contributed by atoms with Crippen LogP contribution in [0.1, 0.15) is 61.3 Å². The molecule has 0 amide bonds. The maximum Gasteiger partial charge on any atom is 0.434 e. The Hall–Kier alpha value is -3.96. The van der Waals surface area contributed by atoms with Crippen LogP contribution in [-0.4, -0.2) is 47.9 Å². The van der Waals surface area contributed by atoms with Crippen molar-refractivity contribution in [1.82, 2.24) is 34.3 Å². The molecule has 204 valence electrons. The van der Waals surface area contributed by atoms with Crippen LogP contribution in [0.15, 0.2) is 30.9 Å². The van der Waals surface area contributed by atoms with E-state index in [1.165, 1.54) is 4.57 Å². The first-order chi connectivity index (χ1) is 18.7. The lowest BCUT2D eigenvalue weighted by atomic mass is 9.98. The number of pyridine rings is 1. The Morgan fingerprint density at radius 3 is 2.54 bits per heavy atom. The lowest BCUT2D eigenvalue weighted by Crippen LogP contribution is -2.31. The minimum absolute atomic E-state index is 0.197. The first kappa shape index (κ1) is 25.3. The van der Waals surface area contributed by atoms with Gasteiger partial charge in [0.1, 0.15) is 17.7 Å². The van der Waals surface area contributed by atoms with Crippen molar-refractivity contribution in [3.63, 3.8) is 0 Å². The van der Waals surface area contributed by atoms with E-state index in [4.69, 9.17) is 9.84 Å². The highest BCUT2D eigenvalue weighted by atomic mass is 19.4. The van der Waals surface area contributed by atoms with Crippen LogP contribution >= 0.6 is 0 Å². The van der Waals surface area contributed by atoms with Gasteiger partial charge in [-0.15, -0.1) is 0 Å². The standard InChI is InChI=1S/C27H29F3N8O/c1-15(2)38-13-21(27(28,29)30)34-25(38)19-8-7-17(11-31-19)37-10-9-20-18(12-37)24(35-36(20)3)22-23(16-5-6-16)32-14-33-26(22)39-4/h7-8,11,13-16H,5-6,9-10,12H2,1-4H3. The summed E-state index contributed by atoms with van der Waals surface area (Å²) in [6.45, 7) is 4.99. The second-order valence-corrected chi connectivity index (χ2v) is 10.3. The molecule has 5 heterocycles. The zero-order valence-corrected chi connectivity index (χ0v) is 22.2. The molecule has 0 saturated heterocycles. The van der Waals surface area contributed by atoms with Gasteiger partial charge in [0.15, 0.2) is 11.5 Å². The summed E-state index contributed by atoms with van der Waals surface area (Å²) in [5.74, 6) is 1.11. The minimum atomic E-state index is -4.52. The molecule has 0 atom stereocenters. The summed E-state index contributed by atoms with van der Waals surface area (Å²) in [5.41, 5.74) is 5.25. The predicted molar refractivity (Wildman–Crippen MR) is 138 cm³/mol. The monoisotopic (exact) mass is 538 g/mol. The second-order valence-electron chi connectivity index (χ2n) is 10.3. The summed E-state index contributed by atoms with van der Waals surface area (Å²) < 4.78 is 49.1. The zero-order chi connectivity index (χ0) is 27.5. The number of imidazole rings is 1. The normalized spacial score (nSPS) is 15.6. The van der Waals surface area contributed by atoms with E-state index in [1.54, 1.807) is 25.7 Å². The number of nitrogens with zero attached hydrogens (tertiary/aromatic N) is 8. The van der Waals surface area contributed by atoms with Crippen molar-refractivity contribution in [3.05, 3.63) is 53.5 Å². The van der Waals surface area contributed by atoms with Gasteiger partial charge in [0, 0.05) is 56.0 Å². The molecular formula is C27H29F3N8O. The Bertz CT molecular complexity index is 1520. The summed E-state index contributed by atoms with van der Waals surface area (Å²) in [6, 6.07) is 3.42. The zero-order valence-electron chi connectivity index (χ0n) is 22.2. The van der Waals surface area contributed by atoms with E-state index in [1.807, 2.05) is 31.6 Å². The molecule has 0 radical (unpaired) electrons. The molecule has 2 aliphatic rings. The van der Waals surface area contributed by atoms with Crippen LogP contribution in [0.25, 0.3) is 22.8 Å². The number of alkyl halides is 3. The van der Waals surface area contributed by atoms with Crippen LogP contribution in [0.4, 0.5) is 18.9 Å². The van der Waals surface area contributed by atoms with Gasteiger partial charge in [-0.25, -0.2) is 15.0 Å². The average molecular weight is 539 g/mol. The van der Waals surface area contributed by atoms with Gasteiger partial charge in [0.2, 0.25) is 5.88 Å². The fraction of sp³-hybridized carbons (Fsp3) is 0.444. The highest BCUT2D eigenvalue weighted by Gasteiger charge is 2.36. The fourth-order valence-corrected chi connectivity index (χ4v) is 5.26. The Morgan fingerprint density at radius 1 is 1.10 bits per heavy atom. The summed E-state index contributed by atoms with van der Waals surface area (Å²) >= 11 is 0. The molecule has 0 N–H and O–H groups in total. The minimum Gasteiger partial charge on any atom is -0.480 e. The molecule has 1 aliphatic heterocycles. The first-order valence-electron chi connectivity index (χ1n) is 13.0. The predicted octanol–water partition coefficient (Wildman–Crippen LogP) is 5.18. The molecule has 9 nitrogen and oxygen atoms in total. The molecule has 0 bridgehead atoms.